The Hall–Kier alpha value is -1.72. The Labute approximate surface area is 131 Å². The molecule has 21 heavy (non-hydrogen) atoms. The zero-order valence-corrected chi connectivity index (χ0v) is 13.1. The largest absolute Gasteiger partial charge is 0.477 e. The number of aromatic nitrogens is 1. The van der Waals surface area contributed by atoms with E-state index >= 15 is 0 Å². The van der Waals surface area contributed by atoms with E-state index in [1.807, 2.05) is 0 Å². The second-order valence-electron chi connectivity index (χ2n) is 5.47. The number of rotatable bonds is 1. The molecule has 0 radical (unpaired) electrons. The standard InChI is InChI=1S/C14H13Cl2NO4/c1-14(2,3)21-13(20)17-10-5-7(15)4-9(16)8(10)6-11(17)12(18)19/h4-6H,1-3H3,(H,18,19). The lowest BCUT2D eigenvalue weighted by atomic mass is 10.2. The average molecular weight is 330 g/mol. The highest BCUT2D eigenvalue weighted by atomic mass is 35.5. The number of carbonyl (C=O) groups is 2. The van der Waals surface area contributed by atoms with Crippen LogP contribution in [0.1, 0.15) is 31.3 Å². The summed E-state index contributed by atoms with van der Waals surface area (Å²) < 4.78 is 6.19. The highest BCUT2D eigenvalue weighted by molar-refractivity contribution is 6.38. The summed E-state index contributed by atoms with van der Waals surface area (Å²) >= 11 is 12.0. The summed E-state index contributed by atoms with van der Waals surface area (Å²) in [7, 11) is 0. The number of halogens is 2. The minimum absolute atomic E-state index is 0.233. The summed E-state index contributed by atoms with van der Waals surface area (Å²) in [5, 5.41) is 10.3. The van der Waals surface area contributed by atoms with Gasteiger partial charge in [0.05, 0.1) is 10.5 Å². The molecule has 0 aliphatic heterocycles. The minimum Gasteiger partial charge on any atom is -0.477 e. The topological polar surface area (TPSA) is 68.5 Å². The lowest BCUT2D eigenvalue weighted by molar-refractivity contribution is 0.0513. The van der Waals surface area contributed by atoms with Crippen LogP contribution < -0.4 is 0 Å². The number of ether oxygens (including phenoxy) is 1. The first-order chi connectivity index (χ1) is 9.60. The third kappa shape index (κ3) is 3.14. The Morgan fingerprint density at radius 3 is 2.33 bits per heavy atom. The van der Waals surface area contributed by atoms with Crippen molar-refractivity contribution in [3.8, 4) is 0 Å². The number of carboxylic acid groups (broad SMARTS) is 1. The van der Waals surface area contributed by atoms with Gasteiger partial charge in [0.2, 0.25) is 0 Å². The molecule has 0 aliphatic carbocycles. The van der Waals surface area contributed by atoms with Crippen LogP contribution in [0.5, 0.6) is 0 Å². The fourth-order valence-corrected chi connectivity index (χ4v) is 2.43. The second kappa shape index (κ2) is 5.24. The van der Waals surface area contributed by atoms with Crippen LogP contribution in [0.4, 0.5) is 4.79 Å². The van der Waals surface area contributed by atoms with Gasteiger partial charge in [-0.1, -0.05) is 23.2 Å². The van der Waals surface area contributed by atoms with E-state index in [-0.39, 0.29) is 10.7 Å². The molecule has 0 saturated carbocycles. The molecule has 0 aliphatic rings. The fraction of sp³-hybridized carbons (Fsp3) is 0.286. The van der Waals surface area contributed by atoms with Gasteiger partial charge in [-0.05, 0) is 39.0 Å². The third-order valence-electron chi connectivity index (χ3n) is 2.63. The van der Waals surface area contributed by atoms with Gasteiger partial charge in [-0.2, -0.15) is 0 Å². The third-order valence-corrected chi connectivity index (χ3v) is 3.16. The van der Waals surface area contributed by atoms with Crippen LogP contribution in [0.3, 0.4) is 0 Å². The molecule has 0 atom stereocenters. The Kier molecular flexibility index (Phi) is 3.91. The molecule has 0 unspecified atom stereocenters. The number of benzene rings is 1. The number of hydrogen-bond donors (Lipinski definition) is 1. The SMILES string of the molecule is CC(C)(C)OC(=O)n1c(C(=O)O)cc2c(Cl)cc(Cl)cc21. The van der Waals surface area contributed by atoms with Gasteiger partial charge >= 0.3 is 12.1 Å². The van der Waals surface area contributed by atoms with E-state index in [1.165, 1.54) is 18.2 Å². The summed E-state index contributed by atoms with van der Waals surface area (Å²) in [6.45, 7) is 5.07. The lowest BCUT2D eigenvalue weighted by Crippen LogP contribution is -2.28. The first-order valence-corrected chi connectivity index (χ1v) is 6.83. The van der Waals surface area contributed by atoms with Gasteiger partial charge in [0, 0.05) is 10.4 Å². The number of hydrogen-bond acceptors (Lipinski definition) is 3. The van der Waals surface area contributed by atoms with Crippen molar-refractivity contribution in [2.45, 2.75) is 26.4 Å². The molecule has 0 bridgehead atoms. The lowest BCUT2D eigenvalue weighted by Gasteiger charge is -2.20. The van der Waals surface area contributed by atoms with E-state index in [4.69, 9.17) is 27.9 Å². The highest BCUT2D eigenvalue weighted by Gasteiger charge is 2.25. The summed E-state index contributed by atoms with van der Waals surface area (Å²) in [6.07, 6.45) is -0.798. The monoisotopic (exact) mass is 329 g/mol. The van der Waals surface area contributed by atoms with E-state index in [9.17, 15) is 14.7 Å². The molecule has 0 amide bonds. The van der Waals surface area contributed by atoms with E-state index in [2.05, 4.69) is 0 Å². The van der Waals surface area contributed by atoms with Crippen molar-refractivity contribution >= 4 is 46.2 Å². The van der Waals surface area contributed by atoms with Gasteiger partial charge in [0.25, 0.3) is 0 Å². The Balaban J connectivity index is 2.72. The molecular formula is C14H13Cl2NO4. The highest BCUT2D eigenvalue weighted by Crippen LogP contribution is 2.31. The van der Waals surface area contributed by atoms with Crippen LogP contribution in [0.15, 0.2) is 18.2 Å². The van der Waals surface area contributed by atoms with Crippen LogP contribution in [0.2, 0.25) is 10.0 Å². The number of nitrogens with zero attached hydrogens (tertiary/aromatic N) is 1. The van der Waals surface area contributed by atoms with Gasteiger partial charge < -0.3 is 9.84 Å². The number of carbonyl (C=O) groups excluding carboxylic acids is 1. The Morgan fingerprint density at radius 2 is 1.81 bits per heavy atom. The zero-order valence-electron chi connectivity index (χ0n) is 11.6. The van der Waals surface area contributed by atoms with Crippen molar-refractivity contribution in [2.24, 2.45) is 0 Å². The molecule has 112 valence electrons. The maximum Gasteiger partial charge on any atom is 0.419 e. The van der Waals surface area contributed by atoms with Gasteiger partial charge in [-0.15, -0.1) is 0 Å². The Bertz CT molecular complexity index is 743. The maximum atomic E-state index is 12.3. The van der Waals surface area contributed by atoms with Crippen molar-refractivity contribution in [1.82, 2.24) is 4.57 Å². The summed E-state index contributed by atoms with van der Waals surface area (Å²) in [6, 6.07) is 4.27. The van der Waals surface area contributed by atoms with Crippen LogP contribution in [-0.2, 0) is 4.74 Å². The molecule has 1 N–H and O–H groups in total. The van der Waals surface area contributed by atoms with Crippen molar-refractivity contribution in [3.63, 3.8) is 0 Å². The molecule has 5 nitrogen and oxygen atoms in total. The molecule has 2 rings (SSSR count). The van der Waals surface area contributed by atoms with Gasteiger partial charge in [-0.25, -0.2) is 14.2 Å². The smallest absolute Gasteiger partial charge is 0.419 e. The Morgan fingerprint density at radius 1 is 1.19 bits per heavy atom. The summed E-state index contributed by atoms with van der Waals surface area (Å²) in [5.41, 5.74) is -0.700. The minimum atomic E-state index is -1.26. The predicted octanol–water partition coefficient (Wildman–Crippen LogP) is 4.43. The second-order valence-corrected chi connectivity index (χ2v) is 6.31. The van der Waals surface area contributed by atoms with Crippen LogP contribution in [0, 0.1) is 0 Å². The zero-order chi connectivity index (χ0) is 15.9. The van der Waals surface area contributed by atoms with Gasteiger partial charge in [0.1, 0.15) is 11.3 Å². The molecule has 1 aromatic heterocycles. The molecule has 1 heterocycles. The molecule has 7 heteroatoms. The molecule has 2 aromatic rings. The molecule has 0 spiro atoms. The van der Waals surface area contributed by atoms with E-state index in [1.54, 1.807) is 20.8 Å². The van der Waals surface area contributed by atoms with Crippen molar-refractivity contribution in [2.75, 3.05) is 0 Å². The van der Waals surface area contributed by atoms with Crippen molar-refractivity contribution in [3.05, 3.63) is 33.9 Å². The maximum absolute atomic E-state index is 12.3. The molecule has 1 aromatic carbocycles. The summed E-state index contributed by atoms with van der Waals surface area (Å²) in [4.78, 5) is 23.6. The van der Waals surface area contributed by atoms with E-state index in [0.29, 0.717) is 15.9 Å². The summed E-state index contributed by atoms with van der Waals surface area (Å²) in [5.74, 6) is -1.26. The number of aromatic carboxylic acids is 1. The average Bonchev–Trinajstić information content (AvgIpc) is 2.66. The first kappa shape index (κ1) is 15.7. The molecular weight excluding hydrogens is 317 g/mol. The first-order valence-electron chi connectivity index (χ1n) is 6.07. The normalized spacial score (nSPS) is 11.7. The molecule has 0 fully saturated rings. The van der Waals surface area contributed by atoms with Gasteiger partial charge in [0.15, 0.2) is 0 Å². The quantitative estimate of drug-likeness (QED) is 0.840. The molecule has 0 saturated heterocycles. The van der Waals surface area contributed by atoms with Crippen LogP contribution >= 0.6 is 23.2 Å². The van der Waals surface area contributed by atoms with E-state index < -0.39 is 17.7 Å². The predicted molar refractivity (Wildman–Crippen MR) is 80.5 cm³/mol. The number of carboxylic acids is 1. The fourth-order valence-electron chi connectivity index (χ4n) is 1.89. The van der Waals surface area contributed by atoms with Crippen molar-refractivity contribution < 1.29 is 19.4 Å². The van der Waals surface area contributed by atoms with Crippen LogP contribution in [0.25, 0.3) is 10.9 Å². The number of fused-ring (bicyclic) bond motifs is 1. The van der Waals surface area contributed by atoms with Gasteiger partial charge in [-0.3, -0.25) is 0 Å². The van der Waals surface area contributed by atoms with Crippen molar-refractivity contribution in [1.29, 1.82) is 0 Å². The van der Waals surface area contributed by atoms with E-state index in [0.717, 1.165) is 4.57 Å². The van der Waals surface area contributed by atoms with Crippen LogP contribution in [-0.4, -0.2) is 27.3 Å².